The van der Waals surface area contributed by atoms with E-state index in [0.717, 1.165) is 22.0 Å². The van der Waals surface area contributed by atoms with Crippen LogP contribution in [0.2, 0.25) is 0 Å². The van der Waals surface area contributed by atoms with Crippen molar-refractivity contribution >= 4 is 32.8 Å². The van der Waals surface area contributed by atoms with Gasteiger partial charge in [0.1, 0.15) is 5.52 Å². The summed E-state index contributed by atoms with van der Waals surface area (Å²) >= 11 is 0. The number of aromatic amines is 2. The minimum Gasteiger partial charge on any atom is -0.278 e. The van der Waals surface area contributed by atoms with E-state index >= 15 is 0 Å². The van der Waals surface area contributed by atoms with Gasteiger partial charge >= 0.3 is 5.69 Å². The fourth-order valence-corrected chi connectivity index (χ4v) is 4.37. The molecule has 6 aromatic rings. The molecule has 6 rings (SSSR count). The van der Waals surface area contributed by atoms with E-state index in [2.05, 4.69) is 26.2 Å². The summed E-state index contributed by atoms with van der Waals surface area (Å²) in [5.41, 5.74) is 3.11. The van der Waals surface area contributed by atoms with Crippen molar-refractivity contribution < 1.29 is 0 Å². The van der Waals surface area contributed by atoms with Gasteiger partial charge in [-0.2, -0.15) is 10.4 Å². The molecule has 0 radical (unpaired) electrons. The number of nitrogens with one attached hydrogen (secondary N) is 2. The van der Waals surface area contributed by atoms with Crippen molar-refractivity contribution in [3.05, 3.63) is 93.4 Å². The van der Waals surface area contributed by atoms with Gasteiger partial charge in [0.15, 0.2) is 0 Å². The largest absolute Gasteiger partial charge is 0.333 e. The molecule has 9 heteroatoms. The van der Waals surface area contributed by atoms with Crippen molar-refractivity contribution in [3.8, 4) is 23.0 Å². The van der Waals surface area contributed by atoms with Crippen molar-refractivity contribution in [2.45, 2.75) is 19.3 Å². The van der Waals surface area contributed by atoms with Crippen LogP contribution in [0.3, 0.4) is 0 Å². The molecule has 174 valence electrons. The van der Waals surface area contributed by atoms with Crippen LogP contribution in [-0.4, -0.2) is 29.7 Å². The van der Waals surface area contributed by atoms with Crippen LogP contribution in [0.25, 0.3) is 49.8 Å². The number of aromatic nitrogens is 6. The first kappa shape index (κ1) is 21.4. The summed E-state index contributed by atoms with van der Waals surface area (Å²) < 4.78 is 1.42. The summed E-state index contributed by atoms with van der Waals surface area (Å²) in [5.74, 6) is 0. The summed E-state index contributed by atoms with van der Waals surface area (Å²) in [6, 6.07) is 19.0. The van der Waals surface area contributed by atoms with E-state index in [-0.39, 0.29) is 5.39 Å². The fourth-order valence-electron chi connectivity index (χ4n) is 4.37. The average molecular weight is 473 g/mol. The summed E-state index contributed by atoms with van der Waals surface area (Å²) in [6.45, 7) is 3.62. The first-order chi connectivity index (χ1) is 17.4. The van der Waals surface area contributed by atoms with Crippen molar-refractivity contribution in [3.63, 3.8) is 0 Å². The van der Waals surface area contributed by atoms with Gasteiger partial charge in [-0.15, -0.1) is 0 Å². The van der Waals surface area contributed by atoms with Crippen LogP contribution in [0.1, 0.15) is 19.4 Å². The zero-order valence-electron chi connectivity index (χ0n) is 19.4. The standard InChI is InChI=1S/C27H19N7O2/c1-27(2,14-28)17-4-3-5-18(11-17)34-24-19(25(35)32-26(34)36)13-29-22-9-8-20(31-23(22)24)15-6-7-21-16(10-15)12-30-33-21/h3-13H,1-2H3,(H,30,33)(H,32,35,36). The van der Waals surface area contributed by atoms with Gasteiger partial charge in [-0.05, 0) is 55.8 Å². The Morgan fingerprint density at radius 1 is 1.03 bits per heavy atom. The van der Waals surface area contributed by atoms with E-state index in [4.69, 9.17) is 4.98 Å². The highest BCUT2D eigenvalue weighted by atomic mass is 16.2. The quantitative estimate of drug-likeness (QED) is 0.374. The lowest BCUT2D eigenvalue weighted by molar-refractivity contribution is 0.686. The molecule has 4 heterocycles. The Morgan fingerprint density at radius 2 is 1.89 bits per heavy atom. The van der Waals surface area contributed by atoms with E-state index in [1.807, 2.05) is 50.2 Å². The minimum atomic E-state index is -0.765. The number of rotatable bonds is 3. The van der Waals surface area contributed by atoms with Gasteiger partial charge in [0, 0.05) is 17.1 Å². The number of hydrogen-bond acceptors (Lipinski definition) is 6. The number of fused-ring (bicyclic) bond motifs is 4. The highest BCUT2D eigenvalue weighted by Crippen LogP contribution is 2.28. The first-order valence-corrected chi connectivity index (χ1v) is 11.3. The predicted molar refractivity (Wildman–Crippen MR) is 137 cm³/mol. The zero-order chi connectivity index (χ0) is 25.0. The molecule has 0 aliphatic carbocycles. The van der Waals surface area contributed by atoms with Gasteiger partial charge in [-0.25, -0.2) is 9.78 Å². The Bertz CT molecular complexity index is 1990. The third-order valence-corrected chi connectivity index (χ3v) is 6.42. The van der Waals surface area contributed by atoms with Gasteiger partial charge in [-0.1, -0.05) is 18.2 Å². The molecule has 4 aromatic heterocycles. The van der Waals surface area contributed by atoms with E-state index in [9.17, 15) is 14.9 Å². The average Bonchev–Trinajstić information content (AvgIpc) is 3.36. The second kappa shape index (κ2) is 7.71. The molecule has 9 nitrogen and oxygen atoms in total. The SMILES string of the molecule is CC(C)(C#N)c1cccc(-n2c(=O)[nH]c(=O)c3cnc4ccc(-c5ccc6[nH]ncc6c5)nc4c32)c1. The summed E-state index contributed by atoms with van der Waals surface area (Å²) in [7, 11) is 0. The molecule has 2 aromatic carbocycles. The Hall–Kier alpha value is -5.10. The number of hydrogen-bond donors (Lipinski definition) is 2. The molecule has 0 spiro atoms. The summed E-state index contributed by atoms with van der Waals surface area (Å²) in [6.07, 6.45) is 3.19. The molecule has 0 unspecified atom stereocenters. The molecular formula is C27H19N7O2. The van der Waals surface area contributed by atoms with Crippen LogP contribution in [0, 0.1) is 11.3 Å². The lowest BCUT2D eigenvalue weighted by Gasteiger charge is -2.18. The Balaban J connectivity index is 1.68. The molecule has 0 amide bonds. The Morgan fingerprint density at radius 3 is 2.72 bits per heavy atom. The van der Waals surface area contributed by atoms with Crippen molar-refractivity contribution in [2.75, 3.05) is 0 Å². The number of nitrogens with zero attached hydrogens (tertiary/aromatic N) is 5. The Labute approximate surface area is 203 Å². The van der Waals surface area contributed by atoms with Gasteiger partial charge < -0.3 is 0 Å². The van der Waals surface area contributed by atoms with E-state index in [1.54, 1.807) is 24.4 Å². The van der Waals surface area contributed by atoms with Gasteiger partial charge in [-0.3, -0.25) is 24.4 Å². The second-order valence-electron chi connectivity index (χ2n) is 9.14. The second-order valence-corrected chi connectivity index (χ2v) is 9.14. The maximum Gasteiger partial charge on any atom is 0.333 e. The van der Waals surface area contributed by atoms with Gasteiger partial charge in [0.2, 0.25) is 0 Å². The van der Waals surface area contributed by atoms with Crippen LogP contribution in [0.5, 0.6) is 0 Å². The molecule has 0 fully saturated rings. The van der Waals surface area contributed by atoms with Gasteiger partial charge in [0.25, 0.3) is 5.56 Å². The lowest BCUT2D eigenvalue weighted by Crippen LogP contribution is -2.30. The third kappa shape index (κ3) is 3.27. The fraction of sp³-hybridized carbons (Fsp3) is 0.111. The van der Waals surface area contributed by atoms with Crippen LogP contribution in [0.15, 0.2) is 76.6 Å². The first-order valence-electron chi connectivity index (χ1n) is 11.3. The van der Waals surface area contributed by atoms with E-state index in [1.165, 1.54) is 10.8 Å². The molecule has 0 saturated carbocycles. The molecule has 0 saturated heterocycles. The molecule has 0 bridgehead atoms. The van der Waals surface area contributed by atoms with E-state index in [0.29, 0.717) is 27.9 Å². The molecule has 0 aliphatic heterocycles. The van der Waals surface area contributed by atoms with Crippen molar-refractivity contribution in [1.29, 1.82) is 5.26 Å². The highest BCUT2D eigenvalue weighted by molar-refractivity contribution is 6.02. The number of nitriles is 1. The minimum absolute atomic E-state index is 0.238. The van der Waals surface area contributed by atoms with E-state index < -0.39 is 16.7 Å². The van der Waals surface area contributed by atoms with Crippen molar-refractivity contribution in [1.82, 2.24) is 29.7 Å². The zero-order valence-corrected chi connectivity index (χ0v) is 19.4. The predicted octanol–water partition coefficient (Wildman–Crippen LogP) is 3.97. The maximum atomic E-state index is 13.2. The topological polar surface area (TPSA) is 133 Å². The number of H-pyrrole nitrogens is 2. The normalized spacial score (nSPS) is 11.8. The highest BCUT2D eigenvalue weighted by Gasteiger charge is 2.21. The smallest absolute Gasteiger partial charge is 0.278 e. The lowest BCUT2D eigenvalue weighted by atomic mass is 9.86. The maximum absolute atomic E-state index is 13.2. The van der Waals surface area contributed by atoms with Crippen LogP contribution >= 0.6 is 0 Å². The molecule has 0 aliphatic rings. The van der Waals surface area contributed by atoms with Crippen LogP contribution in [0.4, 0.5) is 0 Å². The van der Waals surface area contributed by atoms with Crippen molar-refractivity contribution in [2.24, 2.45) is 0 Å². The molecule has 2 N–H and O–H groups in total. The summed E-state index contributed by atoms with van der Waals surface area (Å²) in [5, 5.41) is 17.8. The molecular weight excluding hydrogens is 454 g/mol. The van der Waals surface area contributed by atoms with Gasteiger partial charge in [0.05, 0.1) is 51.0 Å². The van der Waals surface area contributed by atoms with Crippen LogP contribution in [-0.2, 0) is 5.41 Å². The number of benzene rings is 2. The third-order valence-electron chi connectivity index (χ3n) is 6.42. The molecule has 0 atom stereocenters. The van der Waals surface area contributed by atoms with Crippen LogP contribution < -0.4 is 11.2 Å². The summed E-state index contributed by atoms with van der Waals surface area (Å²) in [4.78, 5) is 37.6. The molecule has 36 heavy (non-hydrogen) atoms. The number of pyridine rings is 2. The Kier molecular flexibility index (Phi) is 4.59. The monoisotopic (exact) mass is 473 g/mol.